The molecular weight excluding hydrogens is 208 g/mol. The van der Waals surface area contributed by atoms with Crippen molar-refractivity contribution in [2.24, 2.45) is 0 Å². The maximum atomic E-state index is 11.0. The van der Waals surface area contributed by atoms with Gasteiger partial charge in [0.2, 0.25) is 0 Å². The summed E-state index contributed by atoms with van der Waals surface area (Å²) < 4.78 is 11.0. The predicted molar refractivity (Wildman–Crippen MR) is 66.7 cm³/mol. The summed E-state index contributed by atoms with van der Waals surface area (Å²) in [5, 5.41) is 3.51. The molecule has 4 heteroatoms. The van der Waals surface area contributed by atoms with Gasteiger partial charge in [0.25, 0.3) is 0 Å². The van der Waals surface area contributed by atoms with E-state index in [1.165, 1.54) is 6.42 Å². The molecule has 15 heavy (non-hydrogen) atoms. The number of hydrogen-bond acceptors (Lipinski definition) is 3. The zero-order valence-electron chi connectivity index (χ0n) is 10.2. The summed E-state index contributed by atoms with van der Waals surface area (Å²) in [4.78, 5) is 2.55. The Hall–Kier alpha value is 0.0700. The van der Waals surface area contributed by atoms with E-state index in [0.717, 1.165) is 31.8 Å². The van der Waals surface area contributed by atoms with Gasteiger partial charge in [0, 0.05) is 48.0 Å². The second-order valence-corrected chi connectivity index (χ2v) is 6.05. The molecular formula is C11H24N2OS. The van der Waals surface area contributed by atoms with E-state index in [0.29, 0.717) is 12.1 Å². The maximum Gasteiger partial charge on any atom is 0.0244 e. The average Bonchev–Trinajstić information content (AvgIpc) is 2.17. The van der Waals surface area contributed by atoms with E-state index in [2.05, 4.69) is 24.1 Å². The first-order valence-corrected chi connectivity index (χ1v) is 7.63. The first-order valence-electron chi connectivity index (χ1n) is 5.91. The van der Waals surface area contributed by atoms with Crippen LogP contribution in [0, 0.1) is 0 Å². The zero-order chi connectivity index (χ0) is 11.3. The molecule has 0 bridgehead atoms. The van der Waals surface area contributed by atoms with Crippen molar-refractivity contribution in [2.75, 3.05) is 31.6 Å². The van der Waals surface area contributed by atoms with Crippen LogP contribution in [0.3, 0.4) is 0 Å². The molecule has 0 spiro atoms. The second-order valence-electron chi connectivity index (χ2n) is 4.50. The van der Waals surface area contributed by atoms with Crippen molar-refractivity contribution in [3.8, 4) is 0 Å². The van der Waals surface area contributed by atoms with E-state index in [9.17, 15) is 4.21 Å². The Labute approximate surface area is 96.1 Å². The van der Waals surface area contributed by atoms with Crippen LogP contribution in [0.15, 0.2) is 0 Å². The van der Waals surface area contributed by atoms with Crippen LogP contribution in [0.1, 0.15) is 26.7 Å². The van der Waals surface area contributed by atoms with E-state index < -0.39 is 10.8 Å². The highest BCUT2D eigenvalue weighted by Crippen LogP contribution is 2.10. The maximum absolute atomic E-state index is 11.0. The molecule has 1 aliphatic heterocycles. The topological polar surface area (TPSA) is 32.3 Å². The third kappa shape index (κ3) is 4.62. The fraction of sp³-hybridized carbons (Fsp3) is 1.00. The minimum absolute atomic E-state index is 0.597. The van der Waals surface area contributed by atoms with Crippen molar-refractivity contribution >= 4 is 10.8 Å². The lowest BCUT2D eigenvalue weighted by atomic mass is 10.1. The third-order valence-electron chi connectivity index (χ3n) is 3.08. The smallest absolute Gasteiger partial charge is 0.0244 e. The Balaban J connectivity index is 2.31. The van der Waals surface area contributed by atoms with Crippen LogP contribution in [0.2, 0.25) is 0 Å². The fourth-order valence-corrected chi connectivity index (χ4v) is 2.71. The molecule has 1 aliphatic rings. The third-order valence-corrected chi connectivity index (χ3v) is 3.94. The summed E-state index contributed by atoms with van der Waals surface area (Å²) in [6.45, 7) is 7.82. The minimum atomic E-state index is -0.634. The lowest BCUT2D eigenvalue weighted by molar-refractivity contribution is 0.132. The predicted octanol–water partition coefficient (Wildman–Crippen LogP) is 0.827. The van der Waals surface area contributed by atoms with Gasteiger partial charge >= 0.3 is 0 Å². The number of hydrogen-bond donors (Lipinski definition) is 1. The van der Waals surface area contributed by atoms with Crippen molar-refractivity contribution in [1.82, 2.24) is 10.2 Å². The molecule has 0 saturated carbocycles. The van der Waals surface area contributed by atoms with Crippen LogP contribution in [0.25, 0.3) is 0 Å². The molecule has 1 fully saturated rings. The van der Waals surface area contributed by atoms with Crippen LogP contribution in [-0.4, -0.2) is 52.8 Å². The van der Waals surface area contributed by atoms with Crippen LogP contribution >= 0.6 is 0 Å². The Morgan fingerprint density at radius 2 is 2.27 bits per heavy atom. The number of nitrogens with zero attached hydrogens (tertiary/aromatic N) is 1. The van der Waals surface area contributed by atoms with Crippen molar-refractivity contribution in [2.45, 2.75) is 38.8 Å². The van der Waals surface area contributed by atoms with Crippen LogP contribution in [-0.2, 0) is 10.8 Å². The summed E-state index contributed by atoms with van der Waals surface area (Å²) in [7, 11) is -0.634. The molecule has 0 aliphatic carbocycles. The molecule has 3 nitrogen and oxygen atoms in total. The normalized spacial score (nSPS) is 30.3. The van der Waals surface area contributed by atoms with E-state index in [-0.39, 0.29) is 0 Å². The Kier molecular flexibility index (Phi) is 5.79. The molecule has 0 aromatic carbocycles. The molecule has 1 heterocycles. The van der Waals surface area contributed by atoms with Crippen molar-refractivity contribution in [1.29, 1.82) is 0 Å². The standard InChI is InChI=1S/C11H24N2OS/c1-4-11-8-12-10(2)9-13(11)6-5-7-15(3)14/h10-12H,4-9H2,1-3H3. The molecule has 1 rings (SSSR count). The van der Waals surface area contributed by atoms with Crippen LogP contribution in [0.5, 0.6) is 0 Å². The first-order chi connectivity index (χ1) is 7.13. The van der Waals surface area contributed by atoms with E-state index in [1.54, 1.807) is 6.26 Å². The molecule has 3 unspecified atom stereocenters. The lowest BCUT2D eigenvalue weighted by Crippen LogP contribution is -2.55. The van der Waals surface area contributed by atoms with Gasteiger partial charge in [-0.15, -0.1) is 0 Å². The van der Waals surface area contributed by atoms with Crippen molar-refractivity contribution in [3.05, 3.63) is 0 Å². The largest absolute Gasteiger partial charge is 0.311 e. The highest BCUT2D eigenvalue weighted by Gasteiger charge is 2.23. The van der Waals surface area contributed by atoms with Gasteiger partial charge in [-0.25, -0.2) is 0 Å². The van der Waals surface area contributed by atoms with Gasteiger partial charge in [-0.3, -0.25) is 9.11 Å². The highest BCUT2D eigenvalue weighted by atomic mass is 32.2. The summed E-state index contributed by atoms with van der Waals surface area (Å²) in [5.74, 6) is 0.842. The van der Waals surface area contributed by atoms with Gasteiger partial charge in [-0.2, -0.15) is 0 Å². The second kappa shape index (κ2) is 6.61. The fourth-order valence-electron chi connectivity index (χ4n) is 2.18. The van der Waals surface area contributed by atoms with Gasteiger partial charge in [-0.1, -0.05) is 6.92 Å². The monoisotopic (exact) mass is 232 g/mol. The van der Waals surface area contributed by atoms with Gasteiger partial charge < -0.3 is 5.32 Å². The summed E-state index contributed by atoms with van der Waals surface area (Å²) >= 11 is 0. The van der Waals surface area contributed by atoms with Crippen molar-refractivity contribution < 1.29 is 4.21 Å². The molecule has 1 N–H and O–H groups in total. The summed E-state index contributed by atoms with van der Waals surface area (Å²) in [5.41, 5.74) is 0. The Bertz CT molecular complexity index is 211. The van der Waals surface area contributed by atoms with E-state index >= 15 is 0 Å². The lowest BCUT2D eigenvalue weighted by Gasteiger charge is -2.39. The number of rotatable bonds is 5. The minimum Gasteiger partial charge on any atom is -0.311 e. The van der Waals surface area contributed by atoms with Gasteiger partial charge in [0.1, 0.15) is 0 Å². The molecule has 0 aromatic heterocycles. The molecule has 0 aromatic rings. The van der Waals surface area contributed by atoms with Gasteiger partial charge in [0.05, 0.1) is 0 Å². The molecule has 1 saturated heterocycles. The highest BCUT2D eigenvalue weighted by molar-refractivity contribution is 7.84. The quantitative estimate of drug-likeness (QED) is 0.762. The van der Waals surface area contributed by atoms with Crippen LogP contribution in [0.4, 0.5) is 0 Å². The van der Waals surface area contributed by atoms with E-state index in [4.69, 9.17) is 0 Å². The Morgan fingerprint density at radius 3 is 2.87 bits per heavy atom. The average molecular weight is 232 g/mol. The molecule has 90 valence electrons. The van der Waals surface area contributed by atoms with Crippen LogP contribution < -0.4 is 5.32 Å². The SMILES string of the molecule is CCC1CNC(C)CN1CCCS(C)=O. The molecule has 3 atom stereocenters. The zero-order valence-corrected chi connectivity index (χ0v) is 11.0. The first kappa shape index (κ1) is 13.1. The Morgan fingerprint density at radius 1 is 1.53 bits per heavy atom. The molecule has 0 radical (unpaired) electrons. The van der Waals surface area contributed by atoms with Crippen molar-refractivity contribution in [3.63, 3.8) is 0 Å². The van der Waals surface area contributed by atoms with E-state index in [1.807, 2.05) is 0 Å². The number of piperazine rings is 1. The summed E-state index contributed by atoms with van der Waals surface area (Å²) in [6, 6.07) is 1.27. The number of nitrogens with one attached hydrogen (secondary N) is 1. The van der Waals surface area contributed by atoms with Gasteiger partial charge in [-0.05, 0) is 26.3 Å². The molecule has 0 amide bonds. The van der Waals surface area contributed by atoms with Gasteiger partial charge in [0.15, 0.2) is 0 Å². The summed E-state index contributed by atoms with van der Waals surface area (Å²) in [6.07, 6.45) is 4.05.